The Morgan fingerprint density at radius 3 is 3.00 bits per heavy atom. The molecule has 2 fully saturated rings. The smallest absolute Gasteiger partial charge is 0.137 e. The van der Waals surface area contributed by atoms with E-state index >= 15 is 0 Å². The van der Waals surface area contributed by atoms with Crippen molar-refractivity contribution in [3.63, 3.8) is 0 Å². The monoisotopic (exact) mass is 329 g/mol. The number of fused-ring (bicyclic) bond motifs is 1. The molecule has 2 aromatic rings. The zero-order chi connectivity index (χ0) is 16.6. The average Bonchev–Trinajstić information content (AvgIpc) is 2.95. The number of imidazole rings is 1. The van der Waals surface area contributed by atoms with Crippen LogP contribution < -0.4 is 0 Å². The fourth-order valence-electron chi connectivity index (χ4n) is 4.25. The number of β-amino-alcohol motifs (C(OH)–C–C–N with tert-alkyl or cyclic N) is 1. The molecular weight excluding hydrogens is 302 g/mol. The molecule has 2 aliphatic rings. The molecule has 0 spiro atoms. The Hall–Kier alpha value is -1.43. The number of pyridine rings is 1. The van der Waals surface area contributed by atoms with E-state index in [1.165, 1.54) is 18.5 Å². The second kappa shape index (κ2) is 6.47. The maximum Gasteiger partial charge on any atom is 0.137 e. The molecule has 0 aromatic carbocycles. The molecule has 5 heteroatoms. The van der Waals surface area contributed by atoms with Crippen LogP contribution in [0.1, 0.15) is 43.0 Å². The Bertz CT molecular complexity index is 706. The lowest BCUT2D eigenvalue weighted by Crippen LogP contribution is -2.49. The van der Waals surface area contributed by atoms with Crippen molar-refractivity contribution in [1.29, 1.82) is 0 Å². The van der Waals surface area contributed by atoms with Crippen LogP contribution in [0.2, 0.25) is 0 Å². The van der Waals surface area contributed by atoms with Gasteiger partial charge < -0.3 is 14.2 Å². The topological polar surface area (TPSA) is 50.0 Å². The van der Waals surface area contributed by atoms with Crippen LogP contribution >= 0.6 is 0 Å². The number of hydrogen-bond donors (Lipinski definition) is 1. The Morgan fingerprint density at radius 1 is 1.33 bits per heavy atom. The zero-order valence-electron chi connectivity index (χ0n) is 14.4. The van der Waals surface area contributed by atoms with Crippen molar-refractivity contribution < 1.29 is 9.84 Å². The summed E-state index contributed by atoms with van der Waals surface area (Å²) in [4.78, 5) is 7.03. The van der Waals surface area contributed by atoms with Crippen LogP contribution in [0.5, 0.6) is 0 Å². The molecule has 0 aliphatic carbocycles. The predicted octanol–water partition coefficient (Wildman–Crippen LogP) is 2.36. The quantitative estimate of drug-likeness (QED) is 0.939. The van der Waals surface area contributed by atoms with Crippen LogP contribution in [-0.2, 0) is 4.74 Å². The van der Waals surface area contributed by atoms with Crippen molar-refractivity contribution in [3.05, 3.63) is 35.8 Å². The lowest BCUT2D eigenvalue weighted by atomic mass is 9.90. The minimum absolute atomic E-state index is 0.500. The summed E-state index contributed by atoms with van der Waals surface area (Å²) in [5, 5.41) is 10.8. The van der Waals surface area contributed by atoms with E-state index in [1.807, 2.05) is 6.92 Å². The number of ether oxygens (including phenoxy) is 1. The maximum atomic E-state index is 10.8. The Labute approximate surface area is 143 Å². The summed E-state index contributed by atoms with van der Waals surface area (Å²) >= 11 is 0. The molecular formula is C19H27N3O2. The number of rotatable bonds is 3. The van der Waals surface area contributed by atoms with E-state index in [9.17, 15) is 5.11 Å². The molecule has 0 unspecified atom stereocenters. The first kappa shape index (κ1) is 16.1. The van der Waals surface area contributed by atoms with Crippen LogP contribution in [0.15, 0.2) is 24.4 Å². The fourth-order valence-corrected chi connectivity index (χ4v) is 4.25. The van der Waals surface area contributed by atoms with Gasteiger partial charge in [-0.15, -0.1) is 0 Å². The number of piperidine rings is 1. The van der Waals surface area contributed by atoms with Crippen LogP contribution in [0, 0.1) is 6.92 Å². The summed E-state index contributed by atoms with van der Waals surface area (Å²) < 4.78 is 7.65. The zero-order valence-corrected chi connectivity index (χ0v) is 14.4. The largest absolute Gasteiger partial charge is 0.388 e. The van der Waals surface area contributed by atoms with Crippen LogP contribution in [0.25, 0.3) is 5.65 Å². The van der Waals surface area contributed by atoms with Gasteiger partial charge in [-0.2, -0.15) is 0 Å². The van der Waals surface area contributed by atoms with E-state index < -0.39 is 5.60 Å². The number of aromatic nitrogens is 2. The molecule has 4 rings (SSSR count). The number of likely N-dealkylation sites (tertiary alicyclic amines) is 1. The Kier molecular flexibility index (Phi) is 4.33. The van der Waals surface area contributed by atoms with E-state index in [-0.39, 0.29) is 0 Å². The third-order valence-corrected chi connectivity index (χ3v) is 5.51. The molecule has 0 radical (unpaired) electrons. The lowest BCUT2D eigenvalue weighted by molar-refractivity contribution is -0.0824. The van der Waals surface area contributed by atoms with Crippen molar-refractivity contribution in [2.75, 3.05) is 32.8 Å². The van der Waals surface area contributed by atoms with E-state index in [0.29, 0.717) is 19.1 Å². The minimum Gasteiger partial charge on any atom is -0.388 e. The van der Waals surface area contributed by atoms with Gasteiger partial charge in [0, 0.05) is 57.0 Å². The van der Waals surface area contributed by atoms with Crippen molar-refractivity contribution in [2.45, 2.75) is 44.1 Å². The molecule has 2 aliphatic heterocycles. The third kappa shape index (κ3) is 3.21. The lowest BCUT2D eigenvalue weighted by Gasteiger charge is -2.40. The number of hydrogen-bond acceptors (Lipinski definition) is 4. The summed E-state index contributed by atoms with van der Waals surface area (Å²) in [6.45, 7) is 6.28. The molecule has 130 valence electrons. The van der Waals surface area contributed by atoms with Gasteiger partial charge in [0.25, 0.3) is 0 Å². The highest BCUT2D eigenvalue weighted by Gasteiger charge is 2.34. The SMILES string of the molecule is Cc1cn2c([C@@H]3CCCN(CC4(O)CCOCC4)C3)cccc2n1. The summed E-state index contributed by atoms with van der Waals surface area (Å²) in [7, 11) is 0. The minimum atomic E-state index is -0.572. The highest BCUT2D eigenvalue weighted by Crippen LogP contribution is 2.30. The molecule has 24 heavy (non-hydrogen) atoms. The molecule has 1 atom stereocenters. The second-order valence-electron chi connectivity index (χ2n) is 7.47. The first-order valence-electron chi connectivity index (χ1n) is 9.10. The molecule has 0 bridgehead atoms. The predicted molar refractivity (Wildman–Crippen MR) is 93.3 cm³/mol. The van der Waals surface area contributed by atoms with Gasteiger partial charge in [-0.25, -0.2) is 4.98 Å². The summed E-state index contributed by atoms with van der Waals surface area (Å²) in [6.07, 6.45) is 6.03. The number of nitrogens with zero attached hydrogens (tertiary/aromatic N) is 3. The van der Waals surface area contributed by atoms with E-state index in [2.05, 4.69) is 38.7 Å². The van der Waals surface area contributed by atoms with Crippen LogP contribution in [0.3, 0.4) is 0 Å². The van der Waals surface area contributed by atoms with Gasteiger partial charge in [0.2, 0.25) is 0 Å². The van der Waals surface area contributed by atoms with E-state index in [0.717, 1.165) is 43.8 Å². The molecule has 4 heterocycles. The van der Waals surface area contributed by atoms with Gasteiger partial charge in [0.15, 0.2) is 0 Å². The fraction of sp³-hybridized carbons (Fsp3) is 0.632. The summed E-state index contributed by atoms with van der Waals surface area (Å²) in [5.41, 5.74) is 2.87. The Morgan fingerprint density at radius 2 is 2.17 bits per heavy atom. The molecule has 5 nitrogen and oxygen atoms in total. The number of aryl methyl sites for hydroxylation is 1. The molecule has 1 N–H and O–H groups in total. The van der Waals surface area contributed by atoms with Gasteiger partial charge in [-0.3, -0.25) is 4.90 Å². The van der Waals surface area contributed by atoms with Gasteiger partial charge in [0.1, 0.15) is 5.65 Å². The molecule has 0 amide bonds. The summed E-state index contributed by atoms with van der Waals surface area (Å²) in [6, 6.07) is 6.41. The molecule has 0 saturated carbocycles. The first-order chi connectivity index (χ1) is 11.6. The van der Waals surface area contributed by atoms with Gasteiger partial charge in [-0.1, -0.05) is 6.07 Å². The van der Waals surface area contributed by atoms with E-state index in [4.69, 9.17) is 4.74 Å². The highest BCUT2D eigenvalue weighted by molar-refractivity contribution is 5.42. The standard InChI is InChI=1S/C19H27N3O2/c1-15-12-22-17(5-2-6-18(22)20-15)16-4-3-9-21(13-16)14-19(23)7-10-24-11-8-19/h2,5-6,12,16,23H,3-4,7-11,13-14H2,1H3/t16-/m1/s1. The highest BCUT2D eigenvalue weighted by atomic mass is 16.5. The van der Waals surface area contributed by atoms with Gasteiger partial charge in [-0.05, 0) is 38.4 Å². The maximum absolute atomic E-state index is 10.8. The molecule has 2 saturated heterocycles. The van der Waals surface area contributed by atoms with Crippen molar-refractivity contribution in [3.8, 4) is 0 Å². The second-order valence-corrected chi connectivity index (χ2v) is 7.47. The van der Waals surface area contributed by atoms with Gasteiger partial charge in [0.05, 0.1) is 11.3 Å². The normalized spacial score (nSPS) is 25.2. The summed E-state index contributed by atoms with van der Waals surface area (Å²) in [5.74, 6) is 0.500. The Balaban J connectivity index is 1.52. The third-order valence-electron chi connectivity index (χ3n) is 5.51. The average molecular weight is 329 g/mol. The van der Waals surface area contributed by atoms with Crippen molar-refractivity contribution in [1.82, 2.24) is 14.3 Å². The van der Waals surface area contributed by atoms with Crippen molar-refractivity contribution in [2.24, 2.45) is 0 Å². The van der Waals surface area contributed by atoms with E-state index in [1.54, 1.807) is 0 Å². The van der Waals surface area contributed by atoms with Gasteiger partial charge >= 0.3 is 0 Å². The molecule has 2 aromatic heterocycles. The first-order valence-corrected chi connectivity index (χ1v) is 9.10. The van der Waals surface area contributed by atoms with Crippen LogP contribution in [0.4, 0.5) is 0 Å². The van der Waals surface area contributed by atoms with Crippen molar-refractivity contribution >= 4 is 5.65 Å². The van der Waals surface area contributed by atoms with Crippen LogP contribution in [-0.4, -0.2) is 57.8 Å². The number of aliphatic hydroxyl groups is 1.